The molecule has 3 aromatic rings. The summed E-state index contributed by atoms with van der Waals surface area (Å²) in [5, 5.41) is 0.840. The number of nitrogen functional groups attached to an aromatic ring is 1. The molecule has 0 aliphatic carbocycles. The standard InChI is InChI=1S/C14H12N4O/c1-9-6-8-17-14(18-9)19-12-5-4-11(15)13-10(12)3-2-7-16-13/h2-8H,15H2,1H3. The minimum atomic E-state index is 0.315. The van der Waals surface area contributed by atoms with Gasteiger partial charge in [-0.1, -0.05) is 0 Å². The van der Waals surface area contributed by atoms with Gasteiger partial charge in [0.15, 0.2) is 0 Å². The number of pyridine rings is 1. The van der Waals surface area contributed by atoms with Gasteiger partial charge in [0, 0.05) is 23.5 Å². The van der Waals surface area contributed by atoms with E-state index in [1.165, 1.54) is 0 Å². The Balaban J connectivity index is 2.09. The van der Waals surface area contributed by atoms with Crippen LogP contribution >= 0.6 is 0 Å². The second-order valence-corrected chi connectivity index (χ2v) is 4.14. The third-order valence-electron chi connectivity index (χ3n) is 2.73. The van der Waals surface area contributed by atoms with Crippen molar-refractivity contribution < 1.29 is 4.74 Å². The lowest BCUT2D eigenvalue weighted by molar-refractivity contribution is 0.445. The zero-order valence-electron chi connectivity index (χ0n) is 10.4. The number of benzene rings is 1. The number of nitrogens with zero attached hydrogens (tertiary/aromatic N) is 3. The number of hydrogen-bond acceptors (Lipinski definition) is 5. The predicted molar refractivity (Wildman–Crippen MR) is 73.0 cm³/mol. The first-order valence-electron chi connectivity index (χ1n) is 5.85. The van der Waals surface area contributed by atoms with Gasteiger partial charge in [-0.15, -0.1) is 0 Å². The van der Waals surface area contributed by atoms with Crippen molar-refractivity contribution in [3.63, 3.8) is 0 Å². The number of aromatic nitrogens is 3. The smallest absolute Gasteiger partial charge is 0.322 e. The number of aryl methyl sites for hydroxylation is 1. The molecule has 2 N–H and O–H groups in total. The van der Waals surface area contributed by atoms with Gasteiger partial charge in [-0.05, 0) is 37.3 Å². The zero-order valence-corrected chi connectivity index (χ0v) is 10.4. The van der Waals surface area contributed by atoms with E-state index in [1.807, 2.05) is 25.1 Å². The van der Waals surface area contributed by atoms with E-state index < -0.39 is 0 Å². The van der Waals surface area contributed by atoms with E-state index in [0.717, 1.165) is 11.1 Å². The summed E-state index contributed by atoms with van der Waals surface area (Å²) in [7, 11) is 0. The molecule has 2 heterocycles. The lowest BCUT2D eigenvalue weighted by atomic mass is 10.2. The number of nitrogens with two attached hydrogens (primary N) is 1. The Morgan fingerprint density at radius 2 is 1.95 bits per heavy atom. The van der Waals surface area contributed by atoms with Crippen molar-refractivity contribution in [2.24, 2.45) is 0 Å². The Kier molecular flexibility index (Phi) is 2.72. The van der Waals surface area contributed by atoms with E-state index in [4.69, 9.17) is 10.5 Å². The van der Waals surface area contributed by atoms with Crippen molar-refractivity contribution >= 4 is 16.6 Å². The maximum absolute atomic E-state index is 5.89. The average molecular weight is 252 g/mol. The number of rotatable bonds is 2. The van der Waals surface area contributed by atoms with Crippen LogP contribution in [0, 0.1) is 6.92 Å². The van der Waals surface area contributed by atoms with Crippen LogP contribution in [-0.4, -0.2) is 15.0 Å². The maximum atomic E-state index is 5.89. The largest absolute Gasteiger partial charge is 0.424 e. The quantitative estimate of drug-likeness (QED) is 0.710. The number of anilines is 1. The zero-order chi connectivity index (χ0) is 13.2. The van der Waals surface area contributed by atoms with Crippen molar-refractivity contribution in [3.05, 3.63) is 48.4 Å². The molecule has 1 aromatic carbocycles. The fraction of sp³-hybridized carbons (Fsp3) is 0.0714. The molecule has 3 rings (SSSR count). The summed E-state index contributed by atoms with van der Waals surface area (Å²) in [5.74, 6) is 0.642. The average Bonchev–Trinajstić information content (AvgIpc) is 2.42. The van der Waals surface area contributed by atoms with Gasteiger partial charge in [-0.2, -0.15) is 0 Å². The van der Waals surface area contributed by atoms with Gasteiger partial charge < -0.3 is 10.5 Å². The summed E-state index contributed by atoms with van der Waals surface area (Å²) < 4.78 is 5.71. The number of fused-ring (bicyclic) bond motifs is 1. The van der Waals surface area contributed by atoms with Crippen LogP contribution in [0.4, 0.5) is 5.69 Å². The monoisotopic (exact) mass is 252 g/mol. The molecule has 0 fully saturated rings. The summed E-state index contributed by atoms with van der Waals surface area (Å²) in [6.07, 6.45) is 3.36. The summed E-state index contributed by atoms with van der Waals surface area (Å²) in [6, 6.07) is 9.44. The lowest BCUT2D eigenvalue weighted by Crippen LogP contribution is -1.95. The highest BCUT2D eigenvalue weighted by Gasteiger charge is 2.08. The van der Waals surface area contributed by atoms with Gasteiger partial charge in [-0.25, -0.2) is 9.97 Å². The van der Waals surface area contributed by atoms with Crippen molar-refractivity contribution in [2.75, 3.05) is 5.73 Å². The highest BCUT2D eigenvalue weighted by atomic mass is 16.5. The second kappa shape index (κ2) is 4.53. The van der Waals surface area contributed by atoms with Crippen molar-refractivity contribution in [3.8, 4) is 11.8 Å². The molecule has 5 heteroatoms. The first-order valence-corrected chi connectivity index (χ1v) is 5.85. The molecule has 0 spiro atoms. The van der Waals surface area contributed by atoms with E-state index in [9.17, 15) is 0 Å². The predicted octanol–water partition coefficient (Wildman–Crippen LogP) is 2.71. The molecular weight excluding hydrogens is 240 g/mol. The van der Waals surface area contributed by atoms with Crippen LogP contribution in [0.3, 0.4) is 0 Å². The van der Waals surface area contributed by atoms with Gasteiger partial charge in [0.25, 0.3) is 0 Å². The SMILES string of the molecule is Cc1ccnc(Oc2ccc(N)c3ncccc23)n1. The summed E-state index contributed by atoms with van der Waals surface area (Å²) in [4.78, 5) is 12.5. The highest BCUT2D eigenvalue weighted by molar-refractivity contribution is 5.93. The van der Waals surface area contributed by atoms with Crippen LogP contribution < -0.4 is 10.5 Å². The van der Waals surface area contributed by atoms with E-state index in [0.29, 0.717) is 23.0 Å². The molecular formula is C14H12N4O. The van der Waals surface area contributed by atoms with E-state index in [-0.39, 0.29) is 0 Å². The molecule has 0 bridgehead atoms. The van der Waals surface area contributed by atoms with Crippen molar-refractivity contribution in [1.82, 2.24) is 15.0 Å². The van der Waals surface area contributed by atoms with Gasteiger partial charge in [-0.3, -0.25) is 4.98 Å². The fourth-order valence-corrected chi connectivity index (χ4v) is 1.83. The van der Waals surface area contributed by atoms with E-state index in [1.54, 1.807) is 24.5 Å². The maximum Gasteiger partial charge on any atom is 0.322 e. The number of ether oxygens (including phenoxy) is 1. The van der Waals surface area contributed by atoms with E-state index in [2.05, 4.69) is 15.0 Å². The van der Waals surface area contributed by atoms with E-state index >= 15 is 0 Å². The molecule has 0 amide bonds. The number of hydrogen-bond donors (Lipinski definition) is 1. The van der Waals surface area contributed by atoms with Crippen LogP contribution in [0.5, 0.6) is 11.8 Å². The summed E-state index contributed by atoms with van der Waals surface area (Å²) in [6.45, 7) is 1.89. The third kappa shape index (κ3) is 2.18. The highest BCUT2D eigenvalue weighted by Crippen LogP contribution is 2.30. The van der Waals surface area contributed by atoms with Crippen LogP contribution in [0.15, 0.2) is 42.7 Å². The summed E-state index contributed by atoms with van der Waals surface area (Å²) >= 11 is 0. The fourth-order valence-electron chi connectivity index (χ4n) is 1.83. The topological polar surface area (TPSA) is 73.9 Å². The Morgan fingerprint density at radius 3 is 2.79 bits per heavy atom. The van der Waals surface area contributed by atoms with Crippen LogP contribution in [-0.2, 0) is 0 Å². The molecule has 0 saturated carbocycles. The third-order valence-corrected chi connectivity index (χ3v) is 2.73. The first-order chi connectivity index (χ1) is 9.24. The van der Waals surface area contributed by atoms with Gasteiger partial charge in [0.05, 0.1) is 11.2 Å². The molecule has 94 valence electrons. The Hall–Kier alpha value is -2.69. The van der Waals surface area contributed by atoms with Gasteiger partial charge in [0.1, 0.15) is 5.75 Å². The normalized spacial score (nSPS) is 10.6. The van der Waals surface area contributed by atoms with Crippen LogP contribution in [0.1, 0.15) is 5.69 Å². The minimum Gasteiger partial charge on any atom is -0.424 e. The molecule has 0 unspecified atom stereocenters. The molecule has 0 atom stereocenters. The van der Waals surface area contributed by atoms with Crippen LogP contribution in [0.2, 0.25) is 0 Å². The second-order valence-electron chi connectivity index (χ2n) is 4.14. The first kappa shape index (κ1) is 11.4. The van der Waals surface area contributed by atoms with Crippen molar-refractivity contribution in [1.29, 1.82) is 0 Å². The Labute approximate surface area is 110 Å². The summed E-state index contributed by atoms with van der Waals surface area (Å²) in [5.41, 5.74) is 8.08. The molecule has 5 nitrogen and oxygen atoms in total. The molecule has 19 heavy (non-hydrogen) atoms. The molecule has 0 saturated heterocycles. The molecule has 2 aromatic heterocycles. The van der Waals surface area contributed by atoms with Crippen LogP contribution in [0.25, 0.3) is 10.9 Å². The lowest BCUT2D eigenvalue weighted by Gasteiger charge is -2.08. The van der Waals surface area contributed by atoms with Gasteiger partial charge in [0.2, 0.25) is 0 Å². The molecule has 0 aliphatic rings. The molecule has 0 aliphatic heterocycles. The molecule has 0 radical (unpaired) electrons. The van der Waals surface area contributed by atoms with Crippen molar-refractivity contribution in [2.45, 2.75) is 6.92 Å². The minimum absolute atomic E-state index is 0.315. The Morgan fingerprint density at radius 1 is 1.05 bits per heavy atom. The Bertz CT molecular complexity index is 742. The van der Waals surface area contributed by atoms with Gasteiger partial charge >= 0.3 is 6.01 Å².